The van der Waals surface area contributed by atoms with E-state index in [0.29, 0.717) is 16.7 Å². The van der Waals surface area contributed by atoms with Gasteiger partial charge in [-0.3, -0.25) is 0 Å². The van der Waals surface area contributed by atoms with Gasteiger partial charge in [-0.05, 0) is 19.4 Å². The zero-order chi connectivity index (χ0) is 15.7. The molecule has 3 rings (SSSR count). The largest absolute Gasteiger partial charge is 0.478 e. The van der Waals surface area contributed by atoms with Crippen LogP contribution in [0.5, 0.6) is 0 Å². The molecular weight excluding hydrogens is 278 g/mol. The molecule has 5 nitrogen and oxygen atoms in total. The van der Waals surface area contributed by atoms with Crippen LogP contribution >= 0.6 is 0 Å². The van der Waals surface area contributed by atoms with E-state index in [9.17, 15) is 9.90 Å². The monoisotopic (exact) mass is 295 g/mol. The second-order valence-electron chi connectivity index (χ2n) is 5.31. The Kier molecular flexibility index (Phi) is 3.63. The van der Waals surface area contributed by atoms with E-state index in [1.807, 2.05) is 37.3 Å². The second kappa shape index (κ2) is 5.60. The fraction of sp³-hybridized carbons (Fsp3) is 0.235. The number of carbonyl (C=O) groups is 1. The van der Waals surface area contributed by atoms with E-state index in [0.717, 1.165) is 12.0 Å². The van der Waals surface area contributed by atoms with Gasteiger partial charge in [0, 0.05) is 5.56 Å². The Bertz CT molecular complexity index is 825. The normalized spacial score (nSPS) is 12.5. The summed E-state index contributed by atoms with van der Waals surface area (Å²) in [5.41, 5.74) is 2.39. The zero-order valence-corrected chi connectivity index (χ0v) is 12.5. The number of nitrogens with zero attached hydrogens (tertiary/aromatic N) is 3. The van der Waals surface area contributed by atoms with Crippen molar-refractivity contribution in [3.63, 3.8) is 0 Å². The van der Waals surface area contributed by atoms with E-state index in [-0.39, 0.29) is 11.6 Å². The molecule has 0 fully saturated rings. The highest BCUT2D eigenvalue weighted by atomic mass is 16.4. The molecule has 0 spiro atoms. The number of pyridine rings is 1. The Morgan fingerprint density at radius 2 is 2.05 bits per heavy atom. The summed E-state index contributed by atoms with van der Waals surface area (Å²) in [7, 11) is 0. The summed E-state index contributed by atoms with van der Waals surface area (Å²) in [5, 5.41) is 14.4. The number of aromatic nitrogens is 3. The van der Waals surface area contributed by atoms with E-state index < -0.39 is 5.97 Å². The van der Waals surface area contributed by atoms with Crippen molar-refractivity contribution in [3.8, 4) is 11.3 Å². The van der Waals surface area contributed by atoms with Crippen LogP contribution in [0.4, 0.5) is 0 Å². The Morgan fingerprint density at radius 1 is 1.32 bits per heavy atom. The lowest BCUT2D eigenvalue weighted by molar-refractivity contribution is 0.0699. The molecule has 1 unspecified atom stereocenters. The maximum absolute atomic E-state index is 11.6. The molecule has 2 aromatic heterocycles. The van der Waals surface area contributed by atoms with E-state index >= 15 is 0 Å². The minimum atomic E-state index is -0.965. The first-order chi connectivity index (χ1) is 10.6. The average molecular weight is 295 g/mol. The summed E-state index contributed by atoms with van der Waals surface area (Å²) in [6.07, 6.45) is 2.49. The topological polar surface area (TPSA) is 68.0 Å². The fourth-order valence-electron chi connectivity index (χ4n) is 2.45. The second-order valence-corrected chi connectivity index (χ2v) is 5.31. The van der Waals surface area contributed by atoms with Gasteiger partial charge in [0.1, 0.15) is 0 Å². The van der Waals surface area contributed by atoms with Crippen molar-refractivity contribution >= 4 is 17.0 Å². The minimum Gasteiger partial charge on any atom is -0.478 e. The molecule has 0 saturated carbocycles. The number of hydrogen-bond acceptors (Lipinski definition) is 3. The first kappa shape index (κ1) is 14.3. The van der Waals surface area contributed by atoms with E-state index in [1.165, 1.54) is 0 Å². The van der Waals surface area contributed by atoms with Gasteiger partial charge >= 0.3 is 5.97 Å². The Morgan fingerprint density at radius 3 is 2.68 bits per heavy atom. The van der Waals surface area contributed by atoms with Crippen LogP contribution in [0.25, 0.3) is 22.3 Å². The lowest BCUT2D eigenvalue weighted by atomic mass is 10.1. The smallest absolute Gasteiger partial charge is 0.336 e. The molecule has 5 heteroatoms. The average Bonchev–Trinajstić information content (AvgIpc) is 2.97. The van der Waals surface area contributed by atoms with Crippen LogP contribution in [-0.4, -0.2) is 25.8 Å². The van der Waals surface area contributed by atoms with Crippen LogP contribution in [0.1, 0.15) is 36.7 Å². The number of benzene rings is 1. The third-order valence-corrected chi connectivity index (χ3v) is 3.88. The van der Waals surface area contributed by atoms with Crippen molar-refractivity contribution in [2.24, 2.45) is 0 Å². The predicted octanol–water partition coefficient (Wildman–Crippen LogP) is 3.77. The van der Waals surface area contributed by atoms with Crippen molar-refractivity contribution in [2.75, 3.05) is 0 Å². The summed E-state index contributed by atoms with van der Waals surface area (Å²) in [4.78, 5) is 16.2. The van der Waals surface area contributed by atoms with Crippen LogP contribution in [-0.2, 0) is 0 Å². The Labute approximate surface area is 128 Å². The van der Waals surface area contributed by atoms with Gasteiger partial charge in [0.15, 0.2) is 5.65 Å². The molecule has 0 amide bonds. The first-order valence-electron chi connectivity index (χ1n) is 7.28. The third-order valence-electron chi connectivity index (χ3n) is 3.88. The van der Waals surface area contributed by atoms with E-state index in [4.69, 9.17) is 0 Å². The van der Waals surface area contributed by atoms with E-state index in [1.54, 1.807) is 16.9 Å². The van der Waals surface area contributed by atoms with Gasteiger partial charge in [-0.2, -0.15) is 5.10 Å². The summed E-state index contributed by atoms with van der Waals surface area (Å²) >= 11 is 0. The fourth-order valence-corrected chi connectivity index (χ4v) is 2.45. The zero-order valence-electron chi connectivity index (χ0n) is 12.5. The van der Waals surface area contributed by atoms with Crippen LogP contribution in [0.3, 0.4) is 0 Å². The molecule has 0 saturated heterocycles. The summed E-state index contributed by atoms with van der Waals surface area (Å²) in [5.74, 6) is -0.965. The predicted molar refractivity (Wildman–Crippen MR) is 84.9 cm³/mol. The Balaban J connectivity index is 2.29. The molecule has 1 aromatic carbocycles. The SMILES string of the molecule is CCC(C)n1ncc2c(C(=O)O)cc(-c3ccccc3)nc21. The standard InChI is InChI=1S/C17H17N3O2/c1-3-11(2)20-16-14(10-18-20)13(17(21)22)9-15(19-16)12-7-5-4-6-8-12/h4-11H,3H2,1-2H3,(H,21,22). The molecular formula is C17H17N3O2. The molecule has 112 valence electrons. The minimum absolute atomic E-state index is 0.165. The maximum Gasteiger partial charge on any atom is 0.336 e. The number of carboxylic acids is 1. The van der Waals surface area contributed by atoms with E-state index in [2.05, 4.69) is 17.0 Å². The molecule has 0 radical (unpaired) electrons. The highest BCUT2D eigenvalue weighted by Crippen LogP contribution is 2.26. The van der Waals surface area contributed by atoms with Crippen molar-refractivity contribution < 1.29 is 9.90 Å². The summed E-state index contributed by atoms with van der Waals surface area (Å²) in [6, 6.07) is 11.4. The van der Waals surface area contributed by atoms with Crippen LogP contribution in [0, 0.1) is 0 Å². The summed E-state index contributed by atoms with van der Waals surface area (Å²) in [6.45, 7) is 4.11. The molecule has 0 aliphatic heterocycles. The van der Waals surface area contributed by atoms with Crippen molar-refractivity contribution in [3.05, 3.63) is 48.2 Å². The first-order valence-corrected chi connectivity index (χ1v) is 7.28. The van der Waals surface area contributed by atoms with Crippen molar-refractivity contribution in [1.29, 1.82) is 0 Å². The molecule has 0 aliphatic rings. The van der Waals surface area contributed by atoms with Gasteiger partial charge in [0.2, 0.25) is 0 Å². The molecule has 22 heavy (non-hydrogen) atoms. The number of fused-ring (bicyclic) bond motifs is 1. The molecule has 3 aromatic rings. The molecule has 2 heterocycles. The third kappa shape index (κ3) is 2.35. The lowest BCUT2D eigenvalue weighted by Crippen LogP contribution is -2.07. The van der Waals surface area contributed by atoms with Gasteiger partial charge in [-0.15, -0.1) is 0 Å². The highest BCUT2D eigenvalue weighted by molar-refractivity contribution is 6.02. The van der Waals surface area contributed by atoms with Crippen molar-refractivity contribution in [2.45, 2.75) is 26.3 Å². The number of aromatic carboxylic acids is 1. The quantitative estimate of drug-likeness (QED) is 0.795. The van der Waals surface area contributed by atoms with Gasteiger partial charge in [-0.25, -0.2) is 14.5 Å². The number of hydrogen-bond donors (Lipinski definition) is 1. The van der Waals surface area contributed by atoms with Crippen LogP contribution < -0.4 is 0 Å². The number of carboxylic acid groups (broad SMARTS) is 1. The number of rotatable bonds is 4. The van der Waals surface area contributed by atoms with Crippen LogP contribution in [0.2, 0.25) is 0 Å². The van der Waals surface area contributed by atoms with Gasteiger partial charge < -0.3 is 5.11 Å². The van der Waals surface area contributed by atoms with Crippen molar-refractivity contribution in [1.82, 2.24) is 14.8 Å². The van der Waals surface area contributed by atoms with Gasteiger partial charge in [-0.1, -0.05) is 37.3 Å². The summed E-state index contributed by atoms with van der Waals surface area (Å²) < 4.78 is 1.80. The highest BCUT2D eigenvalue weighted by Gasteiger charge is 2.18. The molecule has 0 bridgehead atoms. The molecule has 1 N–H and O–H groups in total. The van der Waals surface area contributed by atoms with Gasteiger partial charge in [0.25, 0.3) is 0 Å². The Hall–Kier alpha value is -2.69. The van der Waals surface area contributed by atoms with Gasteiger partial charge in [0.05, 0.1) is 28.9 Å². The maximum atomic E-state index is 11.6. The van der Waals surface area contributed by atoms with Crippen LogP contribution in [0.15, 0.2) is 42.6 Å². The molecule has 0 aliphatic carbocycles. The molecule has 1 atom stereocenters. The lowest BCUT2D eigenvalue weighted by Gasteiger charge is -2.11.